The van der Waals surface area contributed by atoms with E-state index in [9.17, 15) is 18.0 Å². The molecule has 1 saturated heterocycles. The fraction of sp³-hybridized carbons (Fsp3) is 0.171. The number of hydrogen-bond donors (Lipinski definition) is 2. The molecule has 0 unspecified atom stereocenters. The molecule has 13 heteroatoms. The zero-order valence-electron chi connectivity index (χ0n) is 26.0. The topological polar surface area (TPSA) is 137 Å². The molecule has 1 fully saturated rings. The summed E-state index contributed by atoms with van der Waals surface area (Å²) in [6.45, 7) is 3.85. The van der Waals surface area contributed by atoms with Gasteiger partial charge >= 0.3 is 16.3 Å². The van der Waals surface area contributed by atoms with E-state index in [1.54, 1.807) is 42.5 Å². The first-order valence-electron chi connectivity index (χ1n) is 15.0. The Kier molecular flexibility index (Phi) is 9.20. The van der Waals surface area contributed by atoms with Crippen LogP contribution >= 0.6 is 23.2 Å². The van der Waals surface area contributed by atoms with E-state index < -0.39 is 22.2 Å². The second kappa shape index (κ2) is 13.3. The van der Waals surface area contributed by atoms with Crippen LogP contribution in [0.3, 0.4) is 0 Å². The van der Waals surface area contributed by atoms with Crippen molar-refractivity contribution >= 4 is 51.1 Å². The maximum absolute atomic E-state index is 12.5. The molecule has 3 N–H and O–H groups in total. The number of nitrogens with zero attached hydrogens (tertiary/aromatic N) is 3. The molecular formula is C35H31Cl2N5O5S. The number of aromatic nitrogens is 2. The van der Waals surface area contributed by atoms with Crippen molar-refractivity contribution in [2.75, 3.05) is 10.8 Å². The van der Waals surface area contributed by atoms with Gasteiger partial charge in [0, 0.05) is 34.5 Å². The van der Waals surface area contributed by atoms with Crippen molar-refractivity contribution < 1.29 is 22.7 Å². The lowest BCUT2D eigenvalue weighted by atomic mass is 9.91. The van der Waals surface area contributed by atoms with E-state index in [4.69, 9.17) is 38.7 Å². The van der Waals surface area contributed by atoms with Crippen LogP contribution < -0.4 is 19.5 Å². The first-order chi connectivity index (χ1) is 22.9. The van der Waals surface area contributed by atoms with Gasteiger partial charge in [0.25, 0.3) is 5.91 Å². The van der Waals surface area contributed by atoms with Gasteiger partial charge in [0.1, 0.15) is 18.1 Å². The molecule has 1 aromatic heterocycles. The highest BCUT2D eigenvalue weighted by molar-refractivity contribution is 7.92. The predicted octanol–water partition coefficient (Wildman–Crippen LogP) is 6.94. The summed E-state index contributed by atoms with van der Waals surface area (Å²) < 4.78 is 35.5. The molecule has 0 spiro atoms. The van der Waals surface area contributed by atoms with E-state index in [-0.39, 0.29) is 18.9 Å². The monoisotopic (exact) mass is 703 g/mol. The summed E-state index contributed by atoms with van der Waals surface area (Å²) in [5.41, 5.74) is 11.1. The van der Waals surface area contributed by atoms with Crippen LogP contribution in [-0.4, -0.2) is 36.5 Å². The maximum Gasteiger partial charge on any atom is 0.409 e. The molecule has 246 valence electrons. The first kappa shape index (κ1) is 33.1. The SMILES string of the molecule is CC(C)Cc1ccc(-c2ccccc2)c(Cc2nc(-c3ccc(Cl)cc3Cl)cn2-c2ccc(N3CC(=O)NS3(=O)=O)cc2)c1OC(N)=O. The lowest BCUT2D eigenvalue weighted by Crippen LogP contribution is -2.29. The number of nitrogens with one attached hydrogen (secondary N) is 1. The number of primary amides is 1. The van der Waals surface area contributed by atoms with E-state index in [0.717, 1.165) is 21.0 Å². The Morgan fingerprint density at radius 2 is 1.67 bits per heavy atom. The Morgan fingerprint density at radius 3 is 2.29 bits per heavy atom. The minimum atomic E-state index is -3.98. The van der Waals surface area contributed by atoms with Crippen LogP contribution in [0.15, 0.2) is 91.1 Å². The molecule has 1 aliphatic rings. The zero-order chi connectivity index (χ0) is 34.2. The van der Waals surface area contributed by atoms with Crippen molar-refractivity contribution in [2.24, 2.45) is 11.7 Å². The standard InChI is InChI=1S/C35H31Cl2N5O5S/c1-21(2)16-23-8-14-27(22-6-4-3-5-7-22)29(34(23)47-35(38)44)18-32-39-31(28-15-9-24(36)17-30(28)37)19-41(32)25-10-12-26(13-11-25)42-20-33(43)40-48(42,45)46/h3-15,17,19,21H,16,18,20H2,1-2H3,(H2,38,44)(H,40,43). The number of ether oxygens (including phenoxy) is 1. The molecule has 2 amide bonds. The van der Waals surface area contributed by atoms with Crippen molar-refractivity contribution in [3.8, 4) is 33.8 Å². The minimum Gasteiger partial charge on any atom is -0.410 e. The molecule has 48 heavy (non-hydrogen) atoms. The van der Waals surface area contributed by atoms with Crippen LogP contribution in [0.2, 0.25) is 10.0 Å². The lowest BCUT2D eigenvalue weighted by molar-refractivity contribution is -0.117. The Balaban J connectivity index is 1.53. The molecule has 0 radical (unpaired) electrons. The van der Waals surface area contributed by atoms with Gasteiger partial charge in [0.05, 0.1) is 16.4 Å². The second-order valence-corrected chi connectivity index (χ2v) is 14.2. The van der Waals surface area contributed by atoms with Crippen molar-refractivity contribution in [3.63, 3.8) is 0 Å². The molecule has 10 nitrogen and oxygen atoms in total. The fourth-order valence-electron chi connectivity index (χ4n) is 5.78. The van der Waals surface area contributed by atoms with Crippen molar-refractivity contribution in [1.29, 1.82) is 0 Å². The van der Waals surface area contributed by atoms with E-state index in [1.165, 1.54) is 0 Å². The van der Waals surface area contributed by atoms with Gasteiger partial charge < -0.3 is 15.0 Å². The number of hydrogen-bond acceptors (Lipinski definition) is 6. The van der Waals surface area contributed by atoms with E-state index in [2.05, 4.69) is 13.8 Å². The number of halogens is 2. The van der Waals surface area contributed by atoms with Crippen LogP contribution in [0.25, 0.3) is 28.1 Å². The van der Waals surface area contributed by atoms with Gasteiger partial charge in [-0.15, -0.1) is 0 Å². The Hall–Kier alpha value is -4.84. The molecule has 0 saturated carbocycles. The molecule has 6 rings (SSSR count). The number of amides is 2. The van der Waals surface area contributed by atoms with Gasteiger partial charge in [-0.2, -0.15) is 8.42 Å². The summed E-state index contributed by atoms with van der Waals surface area (Å²) >= 11 is 12.8. The van der Waals surface area contributed by atoms with E-state index in [0.29, 0.717) is 56.2 Å². The molecule has 2 heterocycles. The van der Waals surface area contributed by atoms with Crippen LogP contribution in [-0.2, 0) is 27.8 Å². The number of benzene rings is 4. The molecule has 1 aliphatic heterocycles. The van der Waals surface area contributed by atoms with Gasteiger partial charge in [-0.1, -0.05) is 79.5 Å². The lowest BCUT2D eigenvalue weighted by Gasteiger charge is -2.20. The van der Waals surface area contributed by atoms with Gasteiger partial charge in [-0.05, 0) is 71.5 Å². The normalized spacial score (nSPS) is 13.9. The van der Waals surface area contributed by atoms with E-state index >= 15 is 0 Å². The van der Waals surface area contributed by atoms with Crippen molar-refractivity contribution in [1.82, 2.24) is 14.3 Å². The van der Waals surface area contributed by atoms with Gasteiger partial charge in [0.2, 0.25) is 0 Å². The summed E-state index contributed by atoms with van der Waals surface area (Å²) in [7, 11) is -3.98. The fourth-order valence-corrected chi connectivity index (χ4v) is 7.43. The number of carbonyl (C=O) groups is 2. The number of rotatable bonds is 9. The van der Waals surface area contributed by atoms with Crippen LogP contribution in [0.4, 0.5) is 10.5 Å². The molecule has 0 bridgehead atoms. The largest absolute Gasteiger partial charge is 0.410 e. The van der Waals surface area contributed by atoms with Gasteiger partial charge in [0.15, 0.2) is 0 Å². The molecule has 4 aromatic carbocycles. The highest BCUT2D eigenvalue weighted by Gasteiger charge is 2.34. The summed E-state index contributed by atoms with van der Waals surface area (Å²) in [6.07, 6.45) is 1.75. The predicted molar refractivity (Wildman–Crippen MR) is 187 cm³/mol. The average Bonchev–Trinajstić information content (AvgIpc) is 3.57. The highest BCUT2D eigenvalue weighted by atomic mass is 35.5. The summed E-state index contributed by atoms with van der Waals surface area (Å²) in [5.74, 6) is 0.607. The number of anilines is 1. The summed E-state index contributed by atoms with van der Waals surface area (Å²) in [6, 6.07) is 25.6. The summed E-state index contributed by atoms with van der Waals surface area (Å²) in [4.78, 5) is 29.2. The average molecular weight is 705 g/mol. The van der Waals surface area contributed by atoms with Gasteiger partial charge in [-0.3, -0.25) is 4.79 Å². The van der Waals surface area contributed by atoms with Crippen LogP contribution in [0.1, 0.15) is 30.8 Å². The first-order valence-corrected chi connectivity index (χ1v) is 17.2. The van der Waals surface area contributed by atoms with E-state index in [1.807, 2.05) is 58.0 Å². The highest BCUT2D eigenvalue weighted by Crippen LogP contribution is 2.38. The van der Waals surface area contributed by atoms with Gasteiger partial charge in [-0.25, -0.2) is 18.8 Å². The Morgan fingerprint density at radius 1 is 0.979 bits per heavy atom. The Bertz CT molecular complexity index is 2140. The minimum absolute atomic E-state index is 0.213. The number of carbonyl (C=O) groups excluding carboxylic acids is 2. The molecule has 0 atom stereocenters. The van der Waals surface area contributed by atoms with Crippen molar-refractivity contribution in [2.45, 2.75) is 26.7 Å². The third-order valence-electron chi connectivity index (χ3n) is 7.81. The maximum atomic E-state index is 12.5. The Labute approximate surface area is 288 Å². The summed E-state index contributed by atoms with van der Waals surface area (Å²) in [5, 5.41) is 0.888. The van der Waals surface area contributed by atoms with Crippen molar-refractivity contribution in [3.05, 3.63) is 118 Å². The molecular weight excluding hydrogens is 673 g/mol. The number of imidazole rings is 1. The second-order valence-electron chi connectivity index (χ2n) is 11.7. The number of nitrogens with two attached hydrogens (primary N) is 1. The third-order valence-corrected chi connectivity index (χ3v) is 9.77. The zero-order valence-corrected chi connectivity index (χ0v) is 28.3. The van der Waals surface area contributed by atoms with Crippen LogP contribution in [0.5, 0.6) is 5.75 Å². The quantitative estimate of drug-likeness (QED) is 0.171. The molecule has 5 aromatic rings. The molecule has 0 aliphatic carbocycles. The van der Waals surface area contributed by atoms with Crippen LogP contribution in [0, 0.1) is 5.92 Å². The third kappa shape index (κ3) is 6.89. The smallest absolute Gasteiger partial charge is 0.409 e.